The Morgan fingerprint density at radius 2 is 2.12 bits per heavy atom. The number of aromatic nitrogens is 2. The Labute approximate surface area is 141 Å². The van der Waals surface area contributed by atoms with E-state index < -0.39 is 0 Å². The van der Waals surface area contributed by atoms with E-state index in [1.54, 1.807) is 0 Å². The molecule has 0 saturated carbocycles. The van der Waals surface area contributed by atoms with Gasteiger partial charge < -0.3 is 15.2 Å². The number of para-hydroxylation sites is 2. The lowest BCUT2D eigenvalue weighted by Crippen LogP contribution is -2.19. The number of imidazole rings is 1. The van der Waals surface area contributed by atoms with Crippen molar-refractivity contribution < 1.29 is 15.0 Å². The first kappa shape index (κ1) is 15.9. The molecular formula is C16H14N4O3S. The number of amides is 1. The molecule has 0 saturated heterocycles. The van der Waals surface area contributed by atoms with Crippen LogP contribution in [-0.4, -0.2) is 38.1 Å². The second-order valence-electron chi connectivity index (χ2n) is 4.88. The minimum Gasteiger partial charge on any atom is -0.508 e. The number of thioether (sulfide) groups is 1. The van der Waals surface area contributed by atoms with Crippen molar-refractivity contribution in [3.63, 3.8) is 0 Å². The SMILES string of the molecule is O=C(CSc1nc2ccccc2[nH]1)N/N=C/c1ccc(O)cc1O. The minimum atomic E-state index is -0.296. The first-order chi connectivity index (χ1) is 11.6. The van der Waals surface area contributed by atoms with Crippen molar-refractivity contribution in [3.8, 4) is 11.5 Å². The van der Waals surface area contributed by atoms with Crippen LogP contribution in [0.5, 0.6) is 11.5 Å². The third kappa shape index (κ3) is 3.85. The number of nitrogens with one attached hydrogen (secondary N) is 2. The van der Waals surface area contributed by atoms with Gasteiger partial charge in [0.2, 0.25) is 0 Å². The zero-order valence-electron chi connectivity index (χ0n) is 12.4. The maximum absolute atomic E-state index is 11.8. The third-order valence-electron chi connectivity index (χ3n) is 3.11. The van der Waals surface area contributed by atoms with Crippen LogP contribution in [0.2, 0.25) is 0 Å². The molecule has 3 rings (SSSR count). The smallest absolute Gasteiger partial charge is 0.250 e. The van der Waals surface area contributed by atoms with E-state index in [4.69, 9.17) is 0 Å². The summed E-state index contributed by atoms with van der Waals surface area (Å²) in [6.45, 7) is 0. The van der Waals surface area contributed by atoms with E-state index in [0.717, 1.165) is 11.0 Å². The number of fused-ring (bicyclic) bond motifs is 1. The van der Waals surface area contributed by atoms with Gasteiger partial charge in [-0.3, -0.25) is 4.79 Å². The van der Waals surface area contributed by atoms with Gasteiger partial charge in [-0.15, -0.1) is 0 Å². The molecule has 7 nitrogen and oxygen atoms in total. The van der Waals surface area contributed by atoms with Gasteiger partial charge in [0.1, 0.15) is 11.5 Å². The van der Waals surface area contributed by atoms with Gasteiger partial charge in [-0.1, -0.05) is 23.9 Å². The molecule has 1 amide bonds. The molecule has 0 unspecified atom stereocenters. The first-order valence-electron chi connectivity index (χ1n) is 7.03. The van der Waals surface area contributed by atoms with Crippen LogP contribution >= 0.6 is 11.8 Å². The van der Waals surface area contributed by atoms with Gasteiger partial charge >= 0.3 is 0 Å². The van der Waals surface area contributed by atoms with E-state index in [9.17, 15) is 15.0 Å². The molecule has 0 radical (unpaired) electrons. The van der Waals surface area contributed by atoms with Crippen molar-refractivity contribution in [3.05, 3.63) is 48.0 Å². The van der Waals surface area contributed by atoms with Gasteiger partial charge in [-0.05, 0) is 24.3 Å². The monoisotopic (exact) mass is 342 g/mol. The highest BCUT2D eigenvalue weighted by atomic mass is 32.2. The summed E-state index contributed by atoms with van der Waals surface area (Å²) in [4.78, 5) is 19.3. The fourth-order valence-electron chi connectivity index (χ4n) is 1.98. The number of phenols is 2. The fourth-order valence-corrected chi connectivity index (χ4v) is 2.66. The molecule has 0 aliphatic heterocycles. The number of aromatic amines is 1. The summed E-state index contributed by atoms with van der Waals surface area (Å²) in [5, 5.41) is 23.2. The molecule has 3 aromatic rings. The zero-order chi connectivity index (χ0) is 16.9. The zero-order valence-corrected chi connectivity index (χ0v) is 13.2. The standard InChI is InChI=1S/C16H14N4O3S/c21-11-6-5-10(14(22)7-11)8-17-20-15(23)9-24-16-18-12-3-1-2-4-13(12)19-16/h1-8,21-22H,9H2,(H,18,19)(H,20,23)/b17-8+. The van der Waals surface area contributed by atoms with Crippen LogP contribution < -0.4 is 5.43 Å². The molecule has 8 heteroatoms. The topological polar surface area (TPSA) is 111 Å². The number of hydrazone groups is 1. The Morgan fingerprint density at radius 1 is 1.29 bits per heavy atom. The van der Waals surface area contributed by atoms with Crippen molar-refractivity contribution in [2.24, 2.45) is 5.10 Å². The van der Waals surface area contributed by atoms with Crippen LogP contribution in [0.1, 0.15) is 5.56 Å². The lowest BCUT2D eigenvalue weighted by molar-refractivity contribution is -0.118. The number of aromatic hydroxyl groups is 2. The number of H-pyrrole nitrogens is 1. The number of hydrogen-bond donors (Lipinski definition) is 4. The highest BCUT2D eigenvalue weighted by Gasteiger charge is 2.06. The summed E-state index contributed by atoms with van der Waals surface area (Å²) in [7, 11) is 0. The Morgan fingerprint density at radius 3 is 2.92 bits per heavy atom. The third-order valence-corrected chi connectivity index (χ3v) is 3.99. The minimum absolute atomic E-state index is 0.0454. The molecule has 4 N–H and O–H groups in total. The van der Waals surface area contributed by atoms with Gasteiger partial charge in [0.25, 0.3) is 5.91 Å². The van der Waals surface area contributed by atoms with Gasteiger partial charge in [0.15, 0.2) is 5.16 Å². The molecule has 2 aromatic carbocycles. The van der Waals surface area contributed by atoms with Crippen LogP contribution in [0.25, 0.3) is 11.0 Å². The Hall–Kier alpha value is -3.00. The van der Waals surface area contributed by atoms with E-state index in [2.05, 4.69) is 20.5 Å². The molecule has 1 heterocycles. The normalized spacial score (nSPS) is 11.2. The van der Waals surface area contributed by atoms with Crippen molar-refractivity contribution >= 4 is 34.9 Å². The first-order valence-corrected chi connectivity index (χ1v) is 8.02. The Bertz CT molecular complexity index is 874. The average Bonchev–Trinajstić information content (AvgIpc) is 2.98. The van der Waals surface area contributed by atoms with Gasteiger partial charge in [-0.2, -0.15) is 5.10 Å². The number of rotatable bonds is 5. The van der Waals surface area contributed by atoms with Crippen molar-refractivity contribution in [1.82, 2.24) is 15.4 Å². The van der Waals surface area contributed by atoms with Crippen LogP contribution in [0.15, 0.2) is 52.7 Å². The second kappa shape index (κ2) is 7.05. The van der Waals surface area contributed by atoms with Crippen molar-refractivity contribution in [1.29, 1.82) is 0 Å². The quantitative estimate of drug-likeness (QED) is 0.323. The van der Waals surface area contributed by atoms with Crippen LogP contribution in [0, 0.1) is 0 Å². The van der Waals surface area contributed by atoms with E-state index in [-0.39, 0.29) is 23.2 Å². The maximum Gasteiger partial charge on any atom is 0.250 e. The van der Waals surface area contributed by atoms with Crippen molar-refractivity contribution in [2.75, 3.05) is 5.75 Å². The van der Waals surface area contributed by atoms with E-state index in [1.807, 2.05) is 24.3 Å². The van der Waals surface area contributed by atoms with Crippen LogP contribution in [0.4, 0.5) is 0 Å². The number of benzene rings is 2. The number of carbonyl (C=O) groups is 1. The Balaban J connectivity index is 1.53. The number of hydrogen-bond acceptors (Lipinski definition) is 6. The molecule has 122 valence electrons. The summed E-state index contributed by atoms with van der Waals surface area (Å²) < 4.78 is 0. The van der Waals surface area contributed by atoms with E-state index in [0.29, 0.717) is 10.7 Å². The largest absolute Gasteiger partial charge is 0.508 e. The predicted molar refractivity (Wildman–Crippen MR) is 92.3 cm³/mol. The van der Waals surface area contributed by atoms with Gasteiger partial charge in [-0.25, -0.2) is 10.4 Å². The number of nitrogens with zero attached hydrogens (tertiary/aromatic N) is 2. The highest BCUT2D eigenvalue weighted by Crippen LogP contribution is 2.21. The molecule has 0 aliphatic carbocycles. The van der Waals surface area contributed by atoms with Crippen LogP contribution in [0.3, 0.4) is 0 Å². The summed E-state index contributed by atoms with van der Waals surface area (Å²) in [5.74, 6) is -0.311. The van der Waals surface area contributed by atoms with Crippen LogP contribution in [-0.2, 0) is 4.79 Å². The van der Waals surface area contributed by atoms with E-state index >= 15 is 0 Å². The number of carbonyl (C=O) groups excluding carboxylic acids is 1. The molecule has 1 aromatic heterocycles. The lowest BCUT2D eigenvalue weighted by Gasteiger charge is -2.00. The van der Waals surface area contributed by atoms with Gasteiger partial charge in [0, 0.05) is 11.6 Å². The summed E-state index contributed by atoms with van der Waals surface area (Å²) in [5.41, 5.74) is 4.52. The predicted octanol–water partition coefficient (Wildman–Crippen LogP) is 2.22. The molecule has 24 heavy (non-hydrogen) atoms. The van der Waals surface area contributed by atoms with Crippen molar-refractivity contribution in [2.45, 2.75) is 5.16 Å². The maximum atomic E-state index is 11.8. The summed E-state index contributed by atoms with van der Waals surface area (Å²) >= 11 is 1.27. The van der Waals surface area contributed by atoms with E-state index in [1.165, 1.54) is 36.2 Å². The van der Waals surface area contributed by atoms with Gasteiger partial charge in [0.05, 0.1) is 23.0 Å². The lowest BCUT2D eigenvalue weighted by atomic mass is 10.2. The Kier molecular flexibility index (Phi) is 4.66. The second-order valence-corrected chi connectivity index (χ2v) is 5.85. The fraction of sp³-hybridized carbons (Fsp3) is 0.0625. The molecule has 0 bridgehead atoms. The molecule has 0 fully saturated rings. The molecule has 0 atom stereocenters. The molecule has 0 spiro atoms. The highest BCUT2D eigenvalue weighted by molar-refractivity contribution is 7.99. The summed E-state index contributed by atoms with van der Waals surface area (Å²) in [6, 6.07) is 11.7. The molecular weight excluding hydrogens is 328 g/mol. The summed E-state index contributed by atoms with van der Waals surface area (Å²) in [6.07, 6.45) is 1.30. The molecule has 0 aliphatic rings. The number of phenolic OH excluding ortho intramolecular Hbond substituents is 2. The average molecular weight is 342 g/mol.